The zero-order valence-corrected chi connectivity index (χ0v) is 13.0. The van der Waals surface area contributed by atoms with Crippen molar-refractivity contribution in [1.29, 1.82) is 0 Å². The van der Waals surface area contributed by atoms with Gasteiger partial charge in [0.2, 0.25) is 0 Å². The SMILES string of the molecule is CCCNCc1c(Cl)cccc1N(C)CCOCC. The smallest absolute Gasteiger partial charge is 0.0641 e. The highest BCUT2D eigenvalue weighted by atomic mass is 35.5. The van der Waals surface area contributed by atoms with Gasteiger partial charge in [0, 0.05) is 43.0 Å². The van der Waals surface area contributed by atoms with Crippen LogP contribution in [0.5, 0.6) is 0 Å². The number of nitrogens with zero attached hydrogens (tertiary/aromatic N) is 1. The predicted octanol–water partition coefficient (Wildman–Crippen LogP) is 3.31. The Morgan fingerprint density at radius 1 is 1.32 bits per heavy atom. The summed E-state index contributed by atoms with van der Waals surface area (Å²) in [6, 6.07) is 6.06. The normalized spacial score (nSPS) is 10.7. The lowest BCUT2D eigenvalue weighted by Gasteiger charge is -2.23. The molecule has 0 atom stereocenters. The summed E-state index contributed by atoms with van der Waals surface area (Å²) >= 11 is 6.32. The summed E-state index contributed by atoms with van der Waals surface area (Å²) in [5.74, 6) is 0. The number of anilines is 1. The summed E-state index contributed by atoms with van der Waals surface area (Å²) in [5.41, 5.74) is 2.34. The monoisotopic (exact) mass is 284 g/mol. The number of benzene rings is 1. The first-order valence-corrected chi connectivity index (χ1v) is 7.35. The average Bonchev–Trinajstić information content (AvgIpc) is 2.41. The molecule has 0 heterocycles. The van der Waals surface area contributed by atoms with Gasteiger partial charge in [-0.05, 0) is 32.0 Å². The summed E-state index contributed by atoms with van der Waals surface area (Å²) in [4.78, 5) is 2.20. The van der Waals surface area contributed by atoms with Crippen LogP contribution >= 0.6 is 11.6 Å². The van der Waals surface area contributed by atoms with Crippen LogP contribution in [0.2, 0.25) is 5.02 Å². The van der Waals surface area contributed by atoms with Gasteiger partial charge >= 0.3 is 0 Å². The zero-order valence-electron chi connectivity index (χ0n) is 12.2. The minimum Gasteiger partial charge on any atom is -0.380 e. The van der Waals surface area contributed by atoms with Crippen LogP contribution in [0.15, 0.2) is 18.2 Å². The van der Waals surface area contributed by atoms with Crippen LogP contribution in [0.4, 0.5) is 5.69 Å². The third kappa shape index (κ3) is 5.39. The molecule has 0 unspecified atom stereocenters. The largest absolute Gasteiger partial charge is 0.380 e. The van der Waals surface area contributed by atoms with Crippen LogP contribution in [0.1, 0.15) is 25.8 Å². The van der Waals surface area contributed by atoms with Crippen molar-refractivity contribution < 1.29 is 4.74 Å². The van der Waals surface area contributed by atoms with Gasteiger partial charge < -0.3 is 15.0 Å². The van der Waals surface area contributed by atoms with Crippen LogP contribution < -0.4 is 10.2 Å². The molecule has 3 nitrogen and oxygen atoms in total. The number of hydrogen-bond donors (Lipinski definition) is 1. The van der Waals surface area contributed by atoms with Crippen molar-refractivity contribution in [2.75, 3.05) is 38.3 Å². The van der Waals surface area contributed by atoms with E-state index in [0.717, 1.165) is 49.9 Å². The Labute approximate surface area is 121 Å². The van der Waals surface area contributed by atoms with E-state index in [-0.39, 0.29) is 0 Å². The van der Waals surface area contributed by atoms with Crippen molar-refractivity contribution in [3.8, 4) is 0 Å². The van der Waals surface area contributed by atoms with Gasteiger partial charge in [0.25, 0.3) is 0 Å². The molecule has 0 spiro atoms. The molecular formula is C15H25ClN2O. The molecule has 0 aliphatic carbocycles. The molecular weight excluding hydrogens is 260 g/mol. The highest BCUT2D eigenvalue weighted by molar-refractivity contribution is 6.31. The fraction of sp³-hybridized carbons (Fsp3) is 0.600. The Morgan fingerprint density at radius 3 is 2.79 bits per heavy atom. The van der Waals surface area contributed by atoms with Gasteiger partial charge in [-0.2, -0.15) is 0 Å². The van der Waals surface area contributed by atoms with Crippen molar-refractivity contribution in [3.63, 3.8) is 0 Å². The number of hydrogen-bond acceptors (Lipinski definition) is 3. The molecule has 0 aliphatic heterocycles. The first-order valence-electron chi connectivity index (χ1n) is 6.97. The Balaban J connectivity index is 2.71. The van der Waals surface area contributed by atoms with Crippen LogP contribution in [-0.4, -0.2) is 33.4 Å². The van der Waals surface area contributed by atoms with Gasteiger partial charge in [0.1, 0.15) is 0 Å². The summed E-state index contributed by atoms with van der Waals surface area (Å²) in [6.07, 6.45) is 1.12. The van der Waals surface area contributed by atoms with Crippen molar-refractivity contribution >= 4 is 17.3 Å². The predicted molar refractivity (Wildman–Crippen MR) is 83.2 cm³/mol. The van der Waals surface area contributed by atoms with E-state index in [1.807, 2.05) is 19.1 Å². The van der Waals surface area contributed by atoms with E-state index in [0.29, 0.717) is 0 Å². The van der Waals surface area contributed by atoms with Gasteiger partial charge in [-0.3, -0.25) is 0 Å². The van der Waals surface area contributed by atoms with Crippen molar-refractivity contribution in [3.05, 3.63) is 28.8 Å². The van der Waals surface area contributed by atoms with Gasteiger partial charge in [0.15, 0.2) is 0 Å². The summed E-state index contributed by atoms with van der Waals surface area (Å²) in [5, 5.41) is 4.24. The lowest BCUT2D eigenvalue weighted by Crippen LogP contribution is -2.25. The molecule has 0 radical (unpaired) electrons. The van der Waals surface area contributed by atoms with Crippen LogP contribution in [0.25, 0.3) is 0 Å². The van der Waals surface area contributed by atoms with Gasteiger partial charge in [-0.15, -0.1) is 0 Å². The first-order chi connectivity index (χ1) is 9.20. The lowest BCUT2D eigenvalue weighted by atomic mass is 10.1. The minimum atomic E-state index is 0.737. The maximum atomic E-state index is 6.32. The molecule has 0 aliphatic rings. The topological polar surface area (TPSA) is 24.5 Å². The Hall–Kier alpha value is -0.770. The molecule has 1 N–H and O–H groups in total. The van der Waals surface area contributed by atoms with E-state index in [2.05, 4.69) is 30.3 Å². The highest BCUT2D eigenvalue weighted by Gasteiger charge is 2.10. The third-order valence-corrected chi connectivity index (χ3v) is 3.36. The zero-order chi connectivity index (χ0) is 14.1. The second-order valence-electron chi connectivity index (χ2n) is 4.53. The average molecular weight is 285 g/mol. The van der Waals surface area contributed by atoms with E-state index < -0.39 is 0 Å². The second kappa shape index (κ2) is 9.18. The number of halogens is 1. The second-order valence-corrected chi connectivity index (χ2v) is 4.94. The van der Waals surface area contributed by atoms with Crippen LogP contribution in [-0.2, 0) is 11.3 Å². The third-order valence-electron chi connectivity index (χ3n) is 3.01. The molecule has 1 aromatic carbocycles. The molecule has 1 rings (SSSR count). The van der Waals surface area contributed by atoms with Crippen LogP contribution in [0.3, 0.4) is 0 Å². The van der Waals surface area contributed by atoms with Gasteiger partial charge in [-0.25, -0.2) is 0 Å². The van der Waals surface area contributed by atoms with E-state index >= 15 is 0 Å². The van der Waals surface area contributed by atoms with Crippen LogP contribution in [0, 0.1) is 0 Å². The number of nitrogens with one attached hydrogen (secondary N) is 1. The molecule has 0 saturated heterocycles. The Morgan fingerprint density at radius 2 is 2.11 bits per heavy atom. The molecule has 19 heavy (non-hydrogen) atoms. The van der Waals surface area contributed by atoms with E-state index in [4.69, 9.17) is 16.3 Å². The standard InChI is InChI=1S/C15H25ClN2O/c1-4-9-17-12-13-14(16)7-6-8-15(13)18(3)10-11-19-5-2/h6-8,17H,4-5,9-12H2,1-3H3. The minimum absolute atomic E-state index is 0.737. The molecule has 0 bridgehead atoms. The van der Waals surface area contributed by atoms with E-state index in [1.165, 1.54) is 5.69 Å². The molecule has 0 fully saturated rings. The van der Waals surface area contributed by atoms with E-state index in [1.54, 1.807) is 0 Å². The number of likely N-dealkylation sites (N-methyl/N-ethyl adjacent to an activating group) is 1. The lowest BCUT2D eigenvalue weighted by molar-refractivity contribution is 0.154. The molecule has 4 heteroatoms. The molecule has 1 aromatic rings. The van der Waals surface area contributed by atoms with Crippen molar-refractivity contribution in [2.24, 2.45) is 0 Å². The van der Waals surface area contributed by atoms with Crippen molar-refractivity contribution in [1.82, 2.24) is 5.32 Å². The quantitative estimate of drug-likeness (QED) is 0.704. The van der Waals surface area contributed by atoms with E-state index in [9.17, 15) is 0 Å². The molecule has 108 valence electrons. The summed E-state index contributed by atoms with van der Waals surface area (Å²) in [7, 11) is 2.08. The Bertz CT molecular complexity index is 371. The van der Waals surface area contributed by atoms with Gasteiger partial charge in [0.05, 0.1) is 6.61 Å². The molecule has 0 aromatic heterocycles. The molecule has 0 amide bonds. The maximum absolute atomic E-state index is 6.32. The fourth-order valence-corrected chi connectivity index (χ4v) is 2.17. The maximum Gasteiger partial charge on any atom is 0.0641 e. The number of ether oxygens (including phenoxy) is 1. The summed E-state index contributed by atoms with van der Waals surface area (Å²) in [6.45, 7) is 8.36. The number of rotatable bonds is 9. The van der Waals surface area contributed by atoms with Gasteiger partial charge in [-0.1, -0.05) is 24.6 Å². The summed E-state index contributed by atoms with van der Waals surface area (Å²) < 4.78 is 5.40. The van der Waals surface area contributed by atoms with Crippen molar-refractivity contribution in [2.45, 2.75) is 26.8 Å². The first kappa shape index (κ1) is 16.3. The Kier molecular flexibility index (Phi) is 7.87. The highest BCUT2D eigenvalue weighted by Crippen LogP contribution is 2.26. The fourth-order valence-electron chi connectivity index (χ4n) is 1.94. The molecule has 0 saturated carbocycles.